The fourth-order valence-electron chi connectivity index (χ4n) is 3.81. The van der Waals surface area contributed by atoms with Gasteiger partial charge in [-0.05, 0) is 52.1 Å². The van der Waals surface area contributed by atoms with Crippen LogP contribution in [-0.2, 0) is 0 Å². The minimum absolute atomic E-state index is 0.208. The van der Waals surface area contributed by atoms with Gasteiger partial charge < -0.3 is 10.2 Å². The molecule has 0 aromatic carbocycles. The predicted molar refractivity (Wildman–Crippen MR) is 90.6 cm³/mol. The number of piperidine rings is 1. The van der Waals surface area contributed by atoms with Gasteiger partial charge in [0.1, 0.15) is 4.88 Å². The molecule has 1 aromatic heterocycles. The number of rotatable bonds is 4. The molecule has 0 bridgehead atoms. The van der Waals surface area contributed by atoms with Gasteiger partial charge in [-0.25, -0.2) is 4.98 Å². The summed E-state index contributed by atoms with van der Waals surface area (Å²) in [5.41, 5.74) is 0.938. The maximum Gasteiger partial charge on any atom is 0.265 e. The first-order valence-corrected chi connectivity index (χ1v) is 9.42. The molecule has 1 amide bonds. The van der Waals surface area contributed by atoms with Crippen molar-refractivity contribution in [2.45, 2.75) is 51.4 Å². The summed E-state index contributed by atoms with van der Waals surface area (Å²) in [6.45, 7) is 4.78. The first kappa shape index (κ1) is 15.9. The van der Waals surface area contributed by atoms with Crippen LogP contribution in [0.1, 0.15) is 64.8 Å². The van der Waals surface area contributed by atoms with Gasteiger partial charge in [0, 0.05) is 19.0 Å². The van der Waals surface area contributed by atoms with Crippen molar-refractivity contribution in [3.63, 3.8) is 0 Å². The van der Waals surface area contributed by atoms with Crippen LogP contribution in [0.4, 0.5) is 0 Å². The molecule has 2 fully saturated rings. The van der Waals surface area contributed by atoms with Crippen molar-refractivity contribution in [3.05, 3.63) is 15.6 Å². The van der Waals surface area contributed by atoms with E-state index in [1.165, 1.54) is 37.1 Å². The first-order valence-electron chi connectivity index (χ1n) is 8.60. The highest BCUT2D eigenvalue weighted by Gasteiger charge is 2.28. The number of likely N-dealkylation sites (tertiary alicyclic amines) is 1. The van der Waals surface area contributed by atoms with Gasteiger partial charge in [-0.15, -0.1) is 11.3 Å². The van der Waals surface area contributed by atoms with Crippen molar-refractivity contribution >= 4 is 17.2 Å². The fraction of sp³-hybridized carbons (Fsp3) is 0.765. The maximum atomic E-state index is 12.9. The Morgan fingerprint density at radius 3 is 2.82 bits per heavy atom. The van der Waals surface area contributed by atoms with Crippen LogP contribution in [0, 0.1) is 12.8 Å². The quantitative estimate of drug-likeness (QED) is 0.926. The van der Waals surface area contributed by atoms with E-state index in [0.29, 0.717) is 11.8 Å². The van der Waals surface area contributed by atoms with E-state index < -0.39 is 0 Å². The zero-order valence-corrected chi connectivity index (χ0v) is 14.5. The average Bonchev–Trinajstić information content (AvgIpc) is 3.16. The minimum Gasteiger partial charge on any atom is -0.338 e. The molecule has 1 aliphatic carbocycles. The molecule has 122 valence electrons. The second kappa shape index (κ2) is 7.09. The highest BCUT2D eigenvalue weighted by Crippen LogP contribution is 2.37. The standard InChI is InChI=1S/C17H27N3OS/c1-12-15(22-16(19-12)14-7-3-4-8-14)17(21)20-9-5-6-13(11-20)10-18-2/h13-14,18H,3-11H2,1-2H3. The number of aryl methyl sites for hydroxylation is 1. The van der Waals surface area contributed by atoms with Crippen LogP contribution in [0.5, 0.6) is 0 Å². The Hall–Kier alpha value is -0.940. The van der Waals surface area contributed by atoms with Gasteiger partial charge in [0.2, 0.25) is 0 Å². The third kappa shape index (κ3) is 3.35. The molecular weight excluding hydrogens is 294 g/mol. The molecule has 1 saturated heterocycles. The molecule has 0 radical (unpaired) electrons. The van der Waals surface area contributed by atoms with Crippen molar-refractivity contribution in [1.82, 2.24) is 15.2 Å². The minimum atomic E-state index is 0.208. The van der Waals surface area contributed by atoms with Crippen molar-refractivity contribution in [3.8, 4) is 0 Å². The van der Waals surface area contributed by atoms with E-state index in [9.17, 15) is 4.79 Å². The van der Waals surface area contributed by atoms with Crippen LogP contribution in [0.2, 0.25) is 0 Å². The van der Waals surface area contributed by atoms with Gasteiger partial charge in [-0.3, -0.25) is 4.79 Å². The SMILES string of the molecule is CNCC1CCCN(C(=O)c2sc(C3CCCC3)nc2C)C1. The molecule has 1 aromatic rings. The lowest BCUT2D eigenvalue weighted by Crippen LogP contribution is -2.42. The summed E-state index contributed by atoms with van der Waals surface area (Å²) < 4.78 is 0. The monoisotopic (exact) mass is 321 g/mol. The second-order valence-electron chi connectivity index (χ2n) is 6.77. The van der Waals surface area contributed by atoms with Crippen LogP contribution >= 0.6 is 11.3 Å². The number of hydrogen-bond donors (Lipinski definition) is 1. The van der Waals surface area contributed by atoms with Crippen LogP contribution in [0.3, 0.4) is 0 Å². The Labute approximate surface area is 137 Å². The van der Waals surface area contributed by atoms with E-state index in [-0.39, 0.29) is 5.91 Å². The fourth-order valence-corrected chi connectivity index (χ4v) is 5.02. The van der Waals surface area contributed by atoms with Crippen molar-refractivity contribution in [2.75, 3.05) is 26.7 Å². The summed E-state index contributed by atoms with van der Waals surface area (Å²) in [4.78, 5) is 20.5. The summed E-state index contributed by atoms with van der Waals surface area (Å²) in [5, 5.41) is 4.44. The predicted octanol–water partition coefficient (Wildman–Crippen LogP) is 3.18. The van der Waals surface area contributed by atoms with E-state index >= 15 is 0 Å². The van der Waals surface area contributed by atoms with E-state index in [1.54, 1.807) is 11.3 Å². The zero-order chi connectivity index (χ0) is 15.5. The van der Waals surface area contributed by atoms with Crippen molar-refractivity contribution < 1.29 is 4.79 Å². The molecule has 0 spiro atoms. The number of hydrogen-bond acceptors (Lipinski definition) is 4. The van der Waals surface area contributed by atoms with Gasteiger partial charge >= 0.3 is 0 Å². The van der Waals surface area contributed by atoms with Gasteiger partial charge in [0.25, 0.3) is 5.91 Å². The van der Waals surface area contributed by atoms with Crippen molar-refractivity contribution in [1.29, 1.82) is 0 Å². The summed E-state index contributed by atoms with van der Waals surface area (Å²) >= 11 is 1.66. The van der Waals surface area contributed by atoms with Crippen molar-refractivity contribution in [2.24, 2.45) is 5.92 Å². The number of amides is 1. The maximum absolute atomic E-state index is 12.9. The molecule has 1 N–H and O–H groups in total. The summed E-state index contributed by atoms with van der Waals surface area (Å²) in [7, 11) is 1.99. The lowest BCUT2D eigenvalue weighted by atomic mass is 9.98. The number of nitrogens with zero attached hydrogens (tertiary/aromatic N) is 2. The Balaban J connectivity index is 1.71. The van der Waals surface area contributed by atoms with Crippen LogP contribution < -0.4 is 5.32 Å². The van der Waals surface area contributed by atoms with Crippen LogP contribution in [0.25, 0.3) is 0 Å². The third-order valence-corrected chi connectivity index (χ3v) is 6.32. The molecule has 2 aliphatic rings. The molecule has 1 atom stereocenters. The lowest BCUT2D eigenvalue weighted by Gasteiger charge is -2.32. The number of nitrogens with one attached hydrogen (secondary N) is 1. The second-order valence-corrected chi connectivity index (χ2v) is 7.80. The van der Waals surface area contributed by atoms with E-state index in [1.807, 2.05) is 18.9 Å². The normalized spacial score (nSPS) is 23.2. The first-order chi connectivity index (χ1) is 10.7. The lowest BCUT2D eigenvalue weighted by molar-refractivity contribution is 0.0678. The molecule has 1 saturated carbocycles. The van der Waals surface area contributed by atoms with E-state index in [2.05, 4.69) is 5.32 Å². The topological polar surface area (TPSA) is 45.2 Å². The average molecular weight is 321 g/mol. The van der Waals surface area contributed by atoms with Crippen LogP contribution in [0.15, 0.2) is 0 Å². The molecule has 5 heteroatoms. The van der Waals surface area contributed by atoms with E-state index in [4.69, 9.17) is 4.98 Å². The Bertz CT molecular complexity index is 520. The smallest absolute Gasteiger partial charge is 0.265 e. The van der Waals surface area contributed by atoms with Gasteiger partial charge in [-0.2, -0.15) is 0 Å². The molecule has 22 heavy (non-hydrogen) atoms. The Kier molecular flexibility index (Phi) is 5.14. The van der Waals surface area contributed by atoms with Gasteiger partial charge in [-0.1, -0.05) is 12.8 Å². The summed E-state index contributed by atoms with van der Waals surface area (Å²) in [6.07, 6.45) is 7.45. The third-order valence-electron chi connectivity index (χ3n) is 5.01. The zero-order valence-electron chi connectivity index (χ0n) is 13.7. The molecular formula is C17H27N3OS. The number of aromatic nitrogens is 1. The number of thiazole rings is 1. The molecule has 3 rings (SSSR count). The van der Waals surface area contributed by atoms with Gasteiger partial charge in [0.15, 0.2) is 0 Å². The van der Waals surface area contributed by atoms with E-state index in [0.717, 1.165) is 36.6 Å². The number of carbonyl (C=O) groups excluding carboxylic acids is 1. The Morgan fingerprint density at radius 1 is 1.32 bits per heavy atom. The molecule has 4 nitrogen and oxygen atoms in total. The van der Waals surface area contributed by atoms with Gasteiger partial charge in [0.05, 0.1) is 10.7 Å². The molecule has 1 unspecified atom stereocenters. The largest absolute Gasteiger partial charge is 0.338 e. The highest BCUT2D eigenvalue weighted by molar-refractivity contribution is 7.13. The summed E-state index contributed by atoms with van der Waals surface area (Å²) in [6, 6.07) is 0. The Morgan fingerprint density at radius 2 is 2.09 bits per heavy atom. The number of carbonyl (C=O) groups is 1. The highest BCUT2D eigenvalue weighted by atomic mass is 32.1. The summed E-state index contributed by atoms with van der Waals surface area (Å²) in [5.74, 6) is 1.40. The van der Waals surface area contributed by atoms with Crippen LogP contribution in [-0.4, -0.2) is 42.5 Å². The molecule has 1 aliphatic heterocycles. The molecule has 2 heterocycles.